The van der Waals surface area contributed by atoms with Gasteiger partial charge < -0.3 is 10.2 Å². The molecule has 0 saturated heterocycles. The smallest absolute Gasteiger partial charge is 0.352 e. The van der Waals surface area contributed by atoms with Crippen LogP contribution >= 0.6 is 23.2 Å². The highest BCUT2D eigenvalue weighted by Gasteiger charge is 2.36. The van der Waals surface area contributed by atoms with Gasteiger partial charge in [0.25, 0.3) is 10.0 Å². The molecule has 0 bridgehead atoms. The third kappa shape index (κ3) is 8.64. The minimum absolute atomic E-state index is 0.161. The average Bonchev–Trinajstić information content (AvgIpc) is 2.96. The number of carbonyl (C=O) groups is 2. The number of alkyl halides is 3. The lowest BCUT2D eigenvalue weighted by Crippen LogP contribution is -2.53. The number of amides is 2. The van der Waals surface area contributed by atoms with E-state index in [1.165, 1.54) is 41.3 Å². The molecule has 3 rings (SSSR count). The van der Waals surface area contributed by atoms with Gasteiger partial charge >= 0.3 is 6.18 Å². The normalized spacial score (nSPS) is 13.2. The Kier molecular flexibility index (Phi) is 11.5. The summed E-state index contributed by atoms with van der Waals surface area (Å²) in [6.07, 6.45) is -3.98. The van der Waals surface area contributed by atoms with Gasteiger partial charge in [0.15, 0.2) is 0 Å². The van der Waals surface area contributed by atoms with E-state index >= 15 is 0 Å². The van der Waals surface area contributed by atoms with Gasteiger partial charge in [-0.2, -0.15) is 13.2 Å². The van der Waals surface area contributed by atoms with Crippen LogP contribution in [-0.2, 0) is 32.3 Å². The lowest BCUT2D eigenvalue weighted by atomic mass is 10.1. The number of halogens is 5. The Morgan fingerprint density at radius 1 is 0.930 bits per heavy atom. The summed E-state index contributed by atoms with van der Waals surface area (Å²) in [7, 11) is -4.53. The molecule has 0 fully saturated rings. The van der Waals surface area contributed by atoms with Crippen LogP contribution < -0.4 is 9.62 Å². The first-order valence-corrected chi connectivity index (χ1v) is 15.7. The van der Waals surface area contributed by atoms with Crippen molar-refractivity contribution >= 4 is 50.7 Å². The van der Waals surface area contributed by atoms with Gasteiger partial charge in [-0.25, -0.2) is 8.42 Å². The lowest BCUT2D eigenvalue weighted by Gasteiger charge is -2.34. The number of benzene rings is 3. The molecule has 3 aromatic rings. The quantitative estimate of drug-likeness (QED) is 0.229. The van der Waals surface area contributed by atoms with Crippen molar-refractivity contribution in [3.63, 3.8) is 0 Å². The number of carbonyl (C=O) groups excluding carboxylic acids is 2. The lowest BCUT2D eigenvalue weighted by molar-refractivity contribution is -0.140. The predicted molar refractivity (Wildman–Crippen MR) is 161 cm³/mol. The standard InChI is InChI=1S/C30H32Cl2F3N3O4S/c1-4-20(3)36-29(40)27(5-2)37(18-21-14-15-23(31)17-26(21)32)28(39)19-38(43(41,42)25-12-7-6-8-13-25)24-11-9-10-22(16-24)30(33,34)35/h6-17,20,27H,4-5,18-19H2,1-3H3,(H,36,40)/t20-,27-/m1/s1. The molecule has 0 radical (unpaired) electrons. The highest BCUT2D eigenvalue weighted by molar-refractivity contribution is 7.92. The molecule has 43 heavy (non-hydrogen) atoms. The van der Waals surface area contributed by atoms with Crippen molar-refractivity contribution in [2.75, 3.05) is 10.8 Å². The summed E-state index contributed by atoms with van der Waals surface area (Å²) in [4.78, 5) is 28.4. The SMILES string of the molecule is CC[C@@H](C)NC(=O)[C@@H](CC)N(Cc1ccc(Cl)cc1Cl)C(=O)CN(c1cccc(C(F)(F)F)c1)S(=O)(=O)c1ccccc1. The fourth-order valence-electron chi connectivity index (χ4n) is 4.28. The zero-order valence-electron chi connectivity index (χ0n) is 23.7. The molecular weight excluding hydrogens is 626 g/mol. The number of hydrogen-bond donors (Lipinski definition) is 1. The molecule has 3 aromatic carbocycles. The summed E-state index contributed by atoms with van der Waals surface area (Å²) in [5.74, 6) is -1.29. The molecule has 1 N–H and O–H groups in total. The molecule has 0 unspecified atom stereocenters. The first kappa shape index (κ1) is 34.2. The third-order valence-electron chi connectivity index (χ3n) is 6.81. The summed E-state index contributed by atoms with van der Waals surface area (Å²) in [6.45, 7) is 4.29. The van der Waals surface area contributed by atoms with Crippen LogP contribution in [0.3, 0.4) is 0 Å². The molecule has 0 aliphatic rings. The van der Waals surface area contributed by atoms with Crippen molar-refractivity contribution in [3.05, 3.63) is 94.0 Å². The van der Waals surface area contributed by atoms with Crippen molar-refractivity contribution in [1.82, 2.24) is 10.2 Å². The Balaban J connectivity index is 2.13. The molecule has 2 atom stereocenters. The molecule has 232 valence electrons. The summed E-state index contributed by atoms with van der Waals surface area (Å²) in [6, 6.07) is 14.1. The van der Waals surface area contributed by atoms with Crippen molar-refractivity contribution in [3.8, 4) is 0 Å². The molecule has 2 amide bonds. The van der Waals surface area contributed by atoms with Crippen LogP contribution in [0.15, 0.2) is 77.7 Å². The molecule has 0 heterocycles. The largest absolute Gasteiger partial charge is 0.416 e. The van der Waals surface area contributed by atoms with Gasteiger partial charge in [0.2, 0.25) is 11.8 Å². The summed E-state index contributed by atoms with van der Waals surface area (Å²) in [5.41, 5.74) is -1.02. The van der Waals surface area contributed by atoms with Gasteiger partial charge in [0.1, 0.15) is 12.6 Å². The second-order valence-electron chi connectivity index (χ2n) is 9.87. The van der Waals surface area contributed by atoms with Crippen LogP contribution in [0, 0.1) is 0 Å². The third-order valence-corrected chi connectivity index (χ3v) is 9.19. The summed E-state index contributed by atoms with van der Waals surface area (Å²) in [5, 5.41) is 3.41. The maximum Gasteiger partial charge on any atom is 0.416 e. The van der Waals surface area contributed by atoms with Crippen LogP contribution in [0.25, 0.3) is 0 Å². The molecule has 0 aliphatic heterocycles. The van der Waals surface area contributed by atoms with Gasteiger partial charge in [0.05, 0.1) is 16.1 Å². The monoisotopic (exact) mass is 657 g/mol. The molecular formula is C30H32Cl2F3N3O4S. The second-order valence-corrected chi connectivity index (χ2v) is 12.6. The van der Waals surface area contributed by atoms with Crippen LogP contribution in [0.2, 0.25) is 10.0 Å². The Bertz CT molecular complexity index is 1540. The summed E-state index contributed by atoms with van der Waals surface area (Å²) >= 11 is 12.4. The highest BCUT2D eigenvalue weighted by atomic mass is 35.5. The minimum atomic E-state index is -4.76. The van der Waals surface area contributed by atoms with E-state index in [9.17, 15) is 31.2 Å². The van der Waals surface area contributed by atoms with Crippen molar-refractivity contribution in [1.29, 1.82) is 0 Å². The number of rotatable bonds is 12. The Morgan fingerprint density at radius 2 is 1.60 bits per heavy atom. The summed E-state index contributed by atoms with van der Waals surface area (Å²) < 4.78 is 69.1. The Morgan fingerprint density at radius 3 is 2.19 bits per heavy atom. The van der Waals surface area contributed by atoms with E-state index in [0.717, 1.165) is 12.1 Å². The first-order chi connectivity index (χ1) is 20.2. The maximum absolute atomic E-state index is 14.1. The molecule has 13 heteroatoms. The number of hydrogen-bond acceptors (Lipinski definition) is 4. The Hall–Kier alpha value is -3.28. The number of sulfonamides is 1. The highest BCUT2D eigenvalue weighted by Crippen LogP contribution is 2.33. The minimum Gasteiger partial charge on any atom is -0.352 e. The fraction of sp³-hybridized carbons (Fsp3) is 0.333. The van der Waals surface area contributed by atoms with Crippen molar-refractivity contribution < 1.29 is 31.2 Å². The van der Waals surface area contributed by atoms with E-state index in [-0.39, 0.29) is 34.6 Å². The van der Waals surface area contributed by atoms with Gasteiger partial charge in [-0.15, -0.1) is 0 Å². The van der Waals surface area contributed by atoms with Crippen LogP contribution in [0.5, 0.6) is 0 Å². The number of anilines is 1. The zero-order chi connectivity index (χ0) is 31.9. The van der Waals surface area contributed by atoms with E-state index in [1.54, 1.807) is 32.0 Å². The van der Waals surface area contributed by atoms with Gasteiger partial charge in [-0.3, -0.25) is 13.9 Å². The zero-order valence-corrected chi connectivity index (χ0v) is 26.1. The van der Waals surface area contributed by atoms with E-state index in [2.05, 4.69) is 5.32 Å². The van der Waals surface area contributed by atoms with Gasteiger partial charge in [-0.1, -0.05) is 67.4 Å². The van der Waals surface area contributed by atoms with Crippen LogP contribution in [-0.4, -0.2) is 43.8 Å². The topological polar surface area (TPSA) is 86.8 Å². The average molecular weight is 659 g/mol. The van der Waals surface area contributed by atoms with Gasteiger partial charge in [0, 0.05) is 22.6 Å². The van der Waals surface area contributed by atoms with Gasteiger partial charge in [-0.05, 0) is 67.8 Å². The van der Waals surface area contributed by atoms with E-state index in [0.29, 0.717) is 27.4 Å². The molecule has 7 nitrogen and oxygen atoms in total. The fourth-order valence-corrected chi connectivity index (χ4v) is 6.18. The molecule has 0 aromatic heterocycles. The van der Waals surface area contributed by atoms with E-state index < -0.39 is 46.2 Å². The van der Waals surface area contributed by atoms with Crippen LogP contribution in [0.1, 0.15) is 44.7 Å². The van der Waals surface area contributed by atoms with Crippen molar-refractivity contribution in [2.45, 2.75) is 63.3 Å². The predicted octanol–water partition coefficient (Wildman–Crippen LogP) is 6.93. The van der Waals surface area contributed by atoms with E-state index in [4.69, 9.17) is 23.2 Å². The molecule has 0 saturated carbocycles. The molecule has 0 spiro atoms. The molecule has 0 aliphatic carbocycles. The van der Waals surface area contributed by atoms with Crippen molar-refractivity contribution in [2.24, 2.45) is 0 Å². The first-order valence-electron chi connectivity index (χ1n) is 13.5. The number of nitrogens with zero attached hydrogens (tertiary/aromatic N) is 2. The maximum atomic E-state index is 14.1. The van der Waals surface area contributed by atoms with Crippen LogP contribution in [0.4, 0.5) is 18.9 Å². The second kappa shape index (κ2) is 14.5. The Labute approximate surface area is 259 Å². The van der Waals surface area contributed by atoms with E-state index in [1.807, 2.05) is 6.92 Å². The number of nitrogens with one attached hydrogen (secondary N) is 1.